The topological polar surface area (TPSA) is 67.4 Å². The number of ether oxygens (including phenoxy) is 1. The molecular weight excluding hydrogens is 220 g/mol. The third-order valence-electron chi connectivity index (χ3n) is 2.79. The summed E-state index contributed by atoms with van der Waals surface area (Å²) in [7, 11) is 0. The Morgan fingerprint density at radius 2 is 1.76 bits per heavy atom. The second-order valence-electron chi connectivity index (χ2n) is 3.95. The van der Waals surface area contributed by atoms with Crippen LogP contribution in [0.25, 0.3) is 0 Å². The maximum Gasteiger partial charge on any atom is 0.264 e. The summed E-state index contributed by atoms with van der Waals surface area (Å²) >= 11 is 0. The normalized spacial score (nSPS) is 22.1. The molecule has 0 aromatic heterocycles. The van der Waals surface area contributed by atoms with E-state index in [1.165, 1.54) is 0 Å². The summed E-state index contributed by atoms with van der Waals surface area (Å²) in [5, 5.41) is 5.65. The first-order valence-electron chi connectivity index (χ1n) is 5.29. The fourth-order valence-corrected chi connectivity index (χ4v) is 1.92. The Balaban J connectivity index is 2.09. The molecule has 5 nitrogen and oxygen atoms in total. The van der Waals surface area contributed by atoms with Crippen LogP contribution in [0.3, 0.4) is 0 Å². The number of carbonyl (C=O) groups excluding carboxylic acids is 2. The number of para-hydroxylation sites is 2. The van der Waals surface area contributed by atoms with Crippen molar-refractivity contribution in [2.24, 2.45) is 0 Å². The molecule has 86 valence electrons. The van der Waals surface area contributed by atoms with Crippen LogP contribution in [0.5, 0.6) is 0 Å². The van der Waals surface area contributed by atoms with Crippen molar-refractivity contribution in [1.29, 1.82) is 0 Å². The van der Waals surface area contributed by atoms with Crippen molar-refractivity contribution < 1.29 is 14.3 Å². The molecule has 0 bridgehead atoms. The van der Waals surface area contributed by atoms with Gasteiger partial charge in [-0.2, -0.15) is 0 Å². The summed E-state index contributed by atoms with van der Waals surface area (Å²) in [4.78, 5) is 23.7. The summed E-state index contributed by atoms with van der Waals surface area (Å²) in [5.74, 6) is -0.477. The lowest BCUT2D eigenvalue weighted by atomic mass is 10.1. The molecule has 1 atom stereocenters. The van der Waals surface area contributed by atoms with Crippen LogP contribution in [0.4, 0.5) is 11.4 Å². The lowest BCUT2D eigenvalue weighted by Gasteiger charge is -2.11. The molecule has 1 aromatic carbocycles. The molecule has 0 aliphatic carbocycles. The minimum Gasteiger partial charge on any atom is -0.467 e. The van der Waals surface area contributed by atoms with E-state index in [0.29, 0.717) is 11.4 Å². The van der Waals surface area contributed by atoms with Gasteiger partial charge >= 0.3 is 0 Å². The van der Waals surface area contributed by atoms with Crippen LogP contribution in [0.1, 0.15) is 6.92 Å². The molecule has 0 saturated heterocycles. The van der Waals surface area contributed by atoms with E-state index in [9.17, 15) is 9.59 Å². The van der Waals surface area contributed by atoms with Crippen molar-refractivity contribution in [2.75, 3.05) is 10.6 Å². The SMILES string of the molecule is CC1OC2=C(C(=O)Nc3ccccc3N2)C1=O. The molecule has 1 aromatic rings. The number of nitrogens with one attached hydrogen (secondary N) is 2. The van der Waals surface area contributed by atoms with Crippen LogP contribution < -0.4 is 10.6 Å². The van der Waals surface area contributed by atoms with E-state index in [2.05, 4.69) is 10.6 Å². The summed E-state index contributed by atoms with van der Waals surface area (Å²) in [6, 6.07) is 7.21. The van der Waals surface area contributed by atoms with Crippen molar-refractivity contribution in [3.05, 3.63) is 35.7 Å². The van der Waals surface area contributed by atoms with Gasteiger partial charge in [-0.3, -0.25) is 9.59 Å². The highest BCUT2D eigenvalue weighted by atomic mass is 16.5. The number of rotatable bonds is 0. The van der Waals surface area contributed by atoms with Crippen molar-refractivity contribution in [3.8, 4) is 0 Å². The molecule has 0 fully saturated rings. The van der Waals surface area contributed by atoms with Gasteiger partial charge in [0.05, 0.1) is 11.4 Å². The number of ketones is 1. The van der Waals surface area contributed by atoms with Crippen LogP contribution >= 0.6 is 0 Å². The minimum absolute atomic E-state index is 0.0636. The highest BCUT2D eigenvalue weighted by Gasteiger charge is 2.38. The first-order chi connectivity index (χ1) is 8.16. The van der Waals surface area contributed by atoms with Crippen molar-refractivity contribution in [1.82, 2.24) is 0 Å². The minimum atomic E-state index is -0.608. The third-order valence-corrected chi connectivity index (χ3v) is 2.79. The number of hydrogen-bond acceptors (Lipinski definition) is 4. The molecular formula is C12H10N2O3. The number of fused-ring (bicyclic) bond motifs is 1. The monoisotopic (exact) mass is 230 g/mol. The number of benzene rings is 1. The van der Waals surface area contributed by atoms with Gasteiger partial charge in [-0.25, -0.2) is 0 Å². The zero-order valence-electron chi connectivity index (χ0n) is 9.11. The van der Waals surface area contributed by atoms with Gasteiger partial charge in [-0.15, -0.1) is 0 Å². The Kier molecular flexibility index (Phi) is 1.95. The average Bonchev–Trinajstić information content (AvgIpc) is 2.50. The molecule has 17 heavy (non-hydrogen) atoms. The lowest BCUT2D eigenvalue weighted by molar-refractivity contribution is -0.122. The van der Waals surface area contributed by atoms with Crippen molar-refractivity contribution >= 4 is 23.1 Å². The van der Waals surface area contributed by atoms with Crippen molar-refractivity contribution in [2.45, 2.75) is 13.0 Å². The highest BCUT2D eigenvalue weighted by molar-refractivity contribution is 6.27. The second-order valence-corrected chi connectivity index (χ2v) is 3.95. The molecule has 2 heterocycles. The number of hydrogen-bond donors (Lipinski definition) is 2. The predicted molar refractivity (Wildman–Crippen MR) is 61.3 cm³/mol. The predicted octanol–water partition coefficient (Wildman–Crippen LogP) is 1.25. The standard InChI is InChI=1S/C12H10N2O3/c1-6-10(15)9-11(16)13-7-4-2-3-5-8(7)14-12(9)17-6/h2-6,14H,1H3,(H,13,16). The maximum atomic E-state index is 11.9. The molecule has 1 unspecified atom stereocenters. The van der Waals surface area contributed by atoms with Gasteiger partial charge < -0.3 is 15.4 Å². The molecule has 2 aliphatic rings. The van der Waals surface area contributed by atoms with Gasteiger partial charge in [0.25, 0.3) is 5.91 Å². The fourth-order valence-electron chi connectivity index (χ4n) is 1.92. The molecule has 5 heteroatoms. The van der Waals surface area contributed by atoms with E-state index < -0.39 is 12.0 Å². The van der Waals surface area contributed by atoms with E-state index in [-0.39, 0.29) is 17.2 Å². The van der Waals surface area contributed by atoms with Gasteiger partial charge in [0.2, 0.25) is 11.7 Å². The van der Waals surface area contributed by atoms with Gasteiger partial charge in [-0.05, 0) is 19.1 Å². The van der Waals surface area contributed by atoms with Crippen LogP contribution in [0.15, 0.2) is 35.7 Å². The van der Waals surface area contributed by atoms with E-state index in [4.69, 9.17) is 4.74 Å². The second kappa shape index (κ2) is 3.35. The molecule has 0 spiro atoms. The largest absolute Gasteiger partial charge is 0.467 e. The number of Topliss-reactive ketones (excluding diaryl/α,β-unsaturated/α-hetero) is 1. The zero-order chi connectivity index (χ0) is 12.0. The highest BCUT2D eigenvalue weighted by Crippen LogP contribution is 2.31. The number of carbonyl (C=O) groups is 2. The van der Waals surface area contributed by atoms with Crippen LogP contribution in [-0.4, -0.2) is 17.8 Å². The summed E-state index contributed by atoms with van der Waals surface area (Å²) < 4.78 is 5.34. The van der Waals surface area contributed by atoms with E-state index in [1.807, 2.05) is 18.2 Å². The van der Waals surface area contributed by atoms with E-state index >= 15 is 0 Å². The fraction of sp³-hybridized carbons (Fsp3) is 0.167. The molecule has 2 N–H and O–H groups in total. The number of amides is 1. The van der Waals surface area contributed by atoms with Gasteiger partial charge in [0.15, 0.2) is 6.10 Å². The lowest BCUT2D eigenvalue weighted by Crippen LogP contribution is -2.22. The van der Waals surface area contributed by atoms with Crippen LogP contribution in [0, 0.1) is 0 Å². The molecule has 1 amide bonds. The van der Waals surface area contributed by atoms with E-state index in [1.54, 1.807) is 13.0 Å². The Hall–Kier alpha value is -2.30. The summed E-state index contributed by atoms with van der Waals surface area (Å²) in [6.45, 7) is 1.62. The van der Waals surface area contributed by atoms with Crippen LogP contribution in [0.2, 0.25) is 0 Å². The van der Waals surface area contributed by atoms with Gasteiger partial charge in [-0.1, -0.05) is 12.1 Å². The zero-order valence-corrected chi connectivity index (χ0v) is 9.11. The summed E-state index contributed by atoms with van der Waals surface area (Å²) in [5.41, 5.74) is 1.41. The van der Waals surface area contributed by atoms with Gasteiger partial charge in [0.1, 0.15) is 5.57 Å². The first-order valence-corrected chi connectivity index (χ1v) is 5.29. The quantitative estimate of drug-likeness (QED) is 0.658. The maximum absolute atomic E-state index is 11.9. The Bertz CT molecular complexity index is 563. The van der Waals surface area contributed by atoms with Crippen molar-refractivity contribution in [3.63, 3.8) is 0 Å². The smallest absolute Gasteiger partial charge is 0.264 e. The Morgan fingerprint density at radius 1 is 1.12 bits per heavy atom. The van der Waals surface area contributed by atoms with E-state index in [0.717, 1.165) is 0 Å². The third kappa shape index (κ3) is 1.39. The van der Waals surface area contributed by atoms with Crippen LogP contribution in [-0.2, 0) is 14.3 Å². The Morgan fingerprint density at radius 3 is 2.47 bits per heavy atom. The molecule has 3 rings (SSSR count). The molecule has 2 aliphatic heterocycles. The summed E-state index contributed by atoms with van der Waals surface area (Å²) in [6.07, 6.45) is -0.608. The molecule has 0 radical (unpaired) electrons. The number of anilines is 2. The molecule has 0 saturated carbocycles. The Labute approximate surface area is 97.5 Å². The average molecular weight is 230 g/mol. The first kappa shape index (κ1) is 9.89. The van der Waals surface area contributed by atoms with Gasteiger partial charge in [0, 0.05) is 0 Å².